The summed E-state index contributed by atoms with van der Waals surface area (Å²) in [5.41, 5.74) is 5.76. The van der Waals surface area contributed by atoms with Gasteiger partial charge in [-0.05, 0) is 19.9 Å². The number of fused-ring (bicyclic) bond motifs is 1. The van der Waals surface area contributed by atoms with Gasteiger partial charge in [0, 0.05) is 6.42 Å². The Balaban J connectivity index is 2.03. The molecule has 1 aliphatic heterocycles. The maximum absolute atomic E-state index is 13.4. The van der Waals surface area contributed by atoms with Crippen molar-refractivity contribution in [2.75, 3.05) is 12.3 Å². The fourth-order valence-electron chi connectivity index (χ4n) is 2.87. The predicted molar refractivity (Wildman–Crippen MR) is 79.7 cm³/mol. The van der Waals surface area contributed by atoms with Crippen LogP contribution in [0, 0.1) is 6.08 Å². The summed E-state index contributed by atoms with van der Waals surface area (Å²) in [5, 5.41) is 20.0. The average Bonchev–Trinajstić information content (AvgIpc) is 3.01. The molecule has 0 amide bonds. The van der Waals surface area contributed by atoms with Crippen LogP contribution in [-0.4, -0.2) is 48.0 Å². The zero-order chi connectivity index (χ0) is 16.8. The van der Waals surface area contributed by atoms with Crippen LogP contribution in [0.2, 0.25) is 0 Å². The Morgan fingerprint density at radius 2 is 2.30 bits per heavy atom. The second-order valence-corrected chi connectivity index (χ2v) is 5.86. The maximum atomic E-state index is 13.4. The molecule has 8 nitrogen and oxygen atoms in total. The van der Waals surface area contributed by atoms with Gasteiger partial charge in [0.2, 0.25) is 0 Å². The molecule has 0 radical (unpaired) electrons. The molecule has 3 rings (SSSR count). The van der Waals surface area contributed by atoms with E-state index in [1.807, 2.05) is 13.8 Å². The summed E-state index contributed by atoms with van der Waals surface area (Å²) in [6, 6.07) is 0. The molecule has 0 bridgehead atoms. The summed E-state index contributed by atoms with van der Waals surface area (Å²) in [4.78, 5) is 11.2. The first-order chi connectivity index (χ1) is 10.9. The number of aliphatic hydroxyl groups is 2. The second kappa shape index (κ2) is 5.52. The van der Waals surface area contributed by atoms with Gasteiger partial charge in [-0.25, -0.2) is 4.98 Å². The molecule has 23 heavy (non-hydrogen) atoms. The molecule has 0 saturated carbocycles. The van der Waals surface area contributed by atoms with Gasteiger partial charge in [0.1, 0.15) is 11.8 Å². The highest BCUT2D eigenvalue weighted by Gasteiger charge is 2.47. The lowest BCUT2D eigenvalue weighted by Crippen LogP contribution is -2.41. The van der Waals surface area contributed by atoms with Crippen LogP contribution in [0.3, 0.4) is 0 Å². The Kier molecular flexibility index (Phi) is 3.78. The van der Waals surface area contributed by atoms with E-state index < -0.39 is 24.0 Å². The largest absolute Gasteiger partial charge is 0.393 e. The number of nitrogens with two attached hydrogens (primary N) is 1. The molecule has 1 fully saturated rings. The highest BCUT2D eigenvalue weighted by molar-refractivity contribution is 5.81. The number of anilines is 1. The Labute approximate surface area is 131 Å². The number of imidazole rings is 1. The SMILES string of the molecule is CC(C)=C[C@]1(CO)O[C@@H](n2cnc3c(N)nc(F)nc32)C[C@@H]1O. The highest BCUT2D eigenvalue weighted by Crippen LogP contribution is 2.39. The van der Waals surface area contributed by atoms with Crippen LogP contribution in [0.25, 0.3) is 11.2 Å². The van der Waals surface area contributed by atoms with E-state index >= 15 is 0 Å². The zero-order valence-corrected chi connectivity index (χ0v) is 12.8. The van der Waals surface area contributed by atoms with Gasteiger partial charge in [0.25, 0.3) is 0 Å². The van der Waals surface area contributed by atoms with Crippen molar-refractivity contribution in [2.24, 2.45) is 0 Å². The van der Waals surface area contributed by atoms with Gasteiger partial charge in [-0.2, -0.15) is 14.4 Å². The summed E-state index contributed by atoms with van der Waals surface area (Å²) in [6.45, 7) is 3.31. The quantitative estimate of drug-likeness (QED) is 0.556. The predicted octanol–water partition coefficient (Wildman–Crippen LogP) is 0.525. The number of nitrogens with zero attached hydrogens (tertiary/aromatic N) is 4. The zero-order valence-electron chi connectivity index (χ0n) is 12.8. The number of nitrogen functional groups attached to an aromatic ring is 1. The first kappa shape index (κ1) is 15.8. The molecule has 2 aromatic rings. The number of hydrogen-bond acceptors (Lipinski definition) is 7. The van der Waals surface area contributed by atoms with Gasteiger partial charge in [-0.15, -0.1) is 0 Å². The topological polar surface area (TPSA) is 119 Å². The average molecular weight is 323 g/mol. The molecule has 0 aliphatic carbocycles. The summed E-state index contributed by atoms with van der Waals surface area (Å²) in [7, 11) is 0. The first-order valence-corrected chi connectivity index (χ1v) is 7.14. The van der Waals surface area contributed by atoms with Gasteiger partial charge >= 0.3 is 6.08 Å². The smallest absolute Gasteiger partial charge is 0.312 e. The first-order valence-electron chi connectivity index (χ1n) is 7.14. The van der Waals surface area contributed by atoms with Crippen molar-refractivity contribution in [2.45, 2.75) is 38.2 Å². The molecular weight excluding hydrogens is 305 g/mol. The van der Waals surface area contributed by atoms with E-state index in [1.165, 1.54) is 10.9 Å². The minimum Gasteiger partial charge on any atom is -0.393 e. The Hall–Kier alpha value is -2.10. The van der Waals surface area contributed by atoms with Gasteiger partial charge in [0.15, 0.2) is 17.0 Å². The highest BCUT2D eigenvalue weighted by atomic mass is 19.1. The molecular formula is C14H18FN5O3. The third kappa shape index (κ3) is 2.56. The number of hydrogen-bond donors (Lipinski definition) is 3. The van der Waals surface area contributed by atoms with Crippen molar-refractivity contribution >= 4 is 17.0 Å². The number of rotatable bonds is 3. The van der Waals surface area contributed by atoms with Crippen molar-refractivity contribution in [1.82, 2.24) is 19.5 Å². The fourth-order valence-corrected chi connectivity index (χ4v) is 2.87. The van der Waals surface area contributed by atoms with Crippen LogP contribution >= 0.6 is 0 Å². The van der Waals surface area contributed by atoms with Crippen LogP contribution in [0.1, 0.15) is 26.5 Å². The van der Waals surface area contributed by atoms with Gasteiger partial charge < -0.3 is 20.7 Å². The van der Waals surface area contributed by atoms with Gasteiger partial charge in [0.05, 0.1) is 19.0 Å². The van der Waals surface area contributed by atoms with Crippen LogP contribution in [0.5, 0.6) is 0 Å². The molecule has 1 aliphatic rings. The van der Waals surface area contributed by atoms with Crippen molar-refractivity contribution in [3.05, 3.63) is 24.1 Å². The van der Waals surface area contributed by atoms with E-state index in [4.69, 9.17) is 10.5 Å². The molecule has 0 unspecified atom stereocenters. The van der Waals surface area contributed by atoms with E-state index in [0.29, 0.717) is 0 Å². The normalized spacial score (nSPS) is 27.5. The molecule has 3 heterocycles. The van der Waals surface area contributed by atoms with Crippen molar-refractivity contribution in [1.29, 1.82) is 0 Å². The van der Waals surface area contributed by atoms with Crippen molar-refractivity contribution in [3.8, 4) is 0 Å². The lowest BCUT2D eigenvalue weighted by Gasteiger charge is -2.27. The summed E-state index contributed by atoms with van der Waals surface area (Å²) in [5.74, 6) is -0.0671. The third-order valence-electron chi connectivity index (χ3n) is 3.86. The molecule has 9 heteroatoms. The summed E-state index contributed by atoms with van der Waals surface area (Å²) in [6.07, 6.45) is 0.734. The lowest BCUT2D eigenvalue weighted by molar-refractivity contribution is -0.0959. The van der Waals surface area contributed by atoms with Crippen LogP contribution in [0.15, 0.2) is 18.0 Å². The van der Waals surface area contributed by atoms with E-state index in [0.717, 1.165) is 5.57 Å². The lowest BCUT2D eigenvalue weighted by atomic mass is 9.95. The van der Waals surface area contributed by atoms with Crippen molar-refractivity contribution < 1.29 is 19.3 Å². The Bertz CT molecular complexity index is 773. The van der Waals surface area contributed by atoms with Gasteiger partial charge in [-0.3, -0.25) is 4.57 Å². The number of aliphatic hydroxyl groups excluding tert-OH is 2. The molecule has 0 aromatic carbocycles. The van der Waals surface area contributed by atoms with E-state index in [1.54, 1.807) is 6.08 Å². The monoisotopic (exact) mass is 323 g/mol. The molecule has 2 aromatic heterocycles. The number of aromatic nitrogens is 4. The van der Waals surface area contributed by atoms with E-state index in [2.05, 4.69) is 15.0 Å². The van der Waals surface area contributed by atoms with Crippen LogP contribution < -0.4 is 5.73 Å². The molecule has 0 spiro atoms. The maximum Gasteiger partial charge on any atom is 0.312 e. The fraction of sp³-hybridized carbons (Fsp3) is 0.500. The molecule has 4 N–H and O–H groups in total. The van der Waals surface area contributed by atoms with E-state index in [-0.39, 0.29) is 30.0 Å². The standard InChI is InChI=1S/C14H18FN5O3/c1-7(2)4-14(5-21)8(22)3-9(23-14)20-6-17-10-11(16)18-13(15)19-12(10)20/h4,6,8-9,21-22H,3,5H2,1-2H3,(H2,16,18,19)/t8-,9+,14+/m0/s1. The molecule has 1 saturated heterocycles. The number of ether oxygens (including phenoxy) is 1. The van der Waals surface area contributed by atoms with E-state index in [9.17, 15) is 14.6 Å². The summed E-state index contributed by atoms with van der Waals surface area (Å²) >= 11 is 0. The van der Waals surface area contributed by atoms with Crippen molar-refractivity contribution in [3.63, 3.8) is 0 Å². The Morgan fingerprint density at radius 1 is 1.57 bits per heavy atom. The number of halogens is 1. The minimum atomic E-state index is -1.21. The number of allylic oxidation sites excluding steroid dienone is 1. The third-order valence-corrected chi connectivity index (χ3v) is 3.86. The van der Waals surface area contributed by atoms with Crippen LogP contribution in [0.4, 0.5) is 10.2 Å². The van der Waals surface area contributed by atoms with Crippen LogP contribution in [-0.2, 0) is 4.74 Å². The molecule has 124 valence electrons. The van der Waals surface area contributed by atoms with Gasteiger partial charge in [-0.1, -0.05) is 5.57 Å². The Morgan fingerprint density at radius 3 is 2.96 bits per heavy atom. The second-order valence-electron chi connectivity index (χ2n) is 5.86. The minimum absolute atomic E-state index is 0.0671. The summed E-state index contributed by atoms with van der Waals surface area (Å²) < 4.78 is 20.8. The molecule has 3 atom stereocenters.